The van der Waals surface area contributed by atoms with Crippen molar-refractivity contribution in [2.24, 2.45) is 0 Å². The number of rotatable bonds is 10. The first-order chi connectivity index (χ1) is 13.7. The Labute approximate surface area is 174 Å². The maximum Gasteiger partial charge on any atom is 0.235 e. The zero-order chi connectivity index (χ0) is 21.4. The maximum absolute atomic E-state index is 12.4. The molecule has 1 amide bonds. The number of hydrogen-bond donors (Lipinski definition) is 1. The Balaban J connectivity index is 1.95. The van der Waals surface area contributed by atoms with Crippen LogP contribution >= 0.6 is 0 Å². The van der Waals surface area contributed by atoms with E-state index in [-0.39, 0.29) is 19.0 Å². The quantitative estimate of drug-likeness (QED) is 0.645. The lowest BCUT2D eigenvalue weighted by molar-refractivity contribution is -0.121. The van der Waals surface area contributed by atoms with Crippen LogP contribution in [-0.4, -0.2) is 44.5 Å². The van der Waals surface area contributed by atoms with Crippen molar-refractivity contribution in [1.82, 2.24) is 9.62 Å². The fourth-order valence-corrected chi connectivity index (χ4v) is 3.75. The van der Waals surface area contributed by atoms with Gasteiger partial charge in [-0.15, -0.1) is 0 Å². The van der Waals surface area contributed by atoms with Crippen molar-refractivity contribution >= 4 is 21.6 Å². The smallest absolute Gasteiger partial charge is 0.235 e. The lowest BCUT2D eigenvalue weighted by Crippen LogP contribution is -2.39. The van der Waals surface area contributed by atoms with Gasteiger partial charge in [-0.25, -0.2) is 8.42 Å². The van der Waals surface area contributed by atoms with E-state index in [0.717, 1.165) is 41.7 Å². The van der Waals surface area contributed by atoms with Gasteiger partial charge in [-0.3, -0.25) is 4.79 Å². The molecule has 2 rings (SSSR count). The summed E-state index contributed by atoms with van der Waals surface area (Å²) in [5, 5.41) is 2.81. The fourth-order valence-electron chi connectivity index (χ4n) is 3.02. The minimum Gasteiger partial charge on any atom is -0.372 e. The van der Waals surface area contributed by atoms with Gasteiger partial charge in [0.05, 0.1) is 12.8 Å². The van der Waals surface area contributed by atoms with Crippen LogP contribution < -0.4 is 10.2 Å². The van der Waals surface area contributed by atoms with Gasteiger partial charge in [0.15, 0.2) is 0 Å². The molecule has 0 saturated heterocycles. The van der Waals surface area contributed by atoms with Gasteiger partial charge in [0.25, 0.3) is 0 Å². The van der Waals surface area contributed by atoms with E-state index in [4.69, 9.17) is 0 Å². The van der Waals surface area contributed by atoms with Gasteiger partial charge in [-0.05, 0) is 44.0 Å². The first-order valence-corrected chi connectivity index (χ1v) is 11.7. The van der Waals surface area contributed by atoms with Crippen LogP contribution in [0.4, 0.5) is 5.69 Å². The highest BCUT2D eigenvalue weighted by atomic mass is 32.2. The molecule has 29 heavy (non-hydrogen) atoms. The second kappa shape index (κ2) is 10.4. The van der Waals surface area contributed by atoms with Crippen LogP contribution in [0.3, 0.4) is 0 Å². The van der Waals surface area contributed by atoms with E-state index >= 15 is 0 Å². The summed E-state index contributed by atoms with van der Waals surface area (Å²) in [5.41, 5.74) is 4.07. The number of benzene rings is 2. The second-order valence-electron chi connectivity index (χ2n) is 7.13. The molecule has 7 heteroatoms. The van der Waals surface area contributed by atoms with Gasteiger partial charge < -0.3 is 10.2 Å². The van der Waals surface area contributed by atoms with Gasteiger partial charge in [0.1, 0.15) is 0 Å². The molecule has 0 heterocycles. The number of hydrogen-bond acceptors (Lipinski definition) is 4. The van der Waals surface area contributed by atoms with E-state index < -0.39 is 10.0 Å². The fraction of sp³-hybridized carbons (Fsp3) is 0.409. The molecule has 0 aromatic heterocycles. The third-order valence-electron chi connectivity index (χ3n) is 4.82. The van der Waals surface area contributed by atoms with Crippen LogP contribution in [0, 0.1) is 6.92 Å². The number of nitrogens with one attached hydrogen (secondary N) is 1. The SMILES string of the molecule is CCN(CC)c1ccc(CNC(=O)CN(Cc2ccc(C)cc2)S(C)(=O)=O)cc1. The topological polar surface area (TPSA) is 69.7 Å². The number of anilines is 1. The zero-order valence-electron chi connectivity index (χ0n) is 17.7. The number of sulfonamides is 1. The largest absolute Gasteiger partial charge is 0.372 e. The Morgan fingerprint density at radius 3 is 2.00 bits per heavy atom. The number of carbonyl (C=O) groups excluding carboxylic acids is 1. The molecule has 0 bridgehead atoms. The van der Waals surface area contributed by atoms with Crippen molar-refractivity contribution in [3.8, 4) is 0 Å². The number of carbonyl (C=O) groups is 1. The Morgan fingerprint density at radius 2 is 1.48 bits per heavy atom. The predicted molar refractivity (Wildman–Crippen MR) is 118 cm³/mol. The normalized spacial score (nSPS) is 11.5. The van der Waals surface area contributed by atoms with E-state index in [1.165, 1.54) is 4.31 Å². The van der Waals surface area contributed by atoms with Crippen molar-refractivity contribution in [3.63, 3.8) is 0 Å². The minimum absolute atomic E-state index is 0.172. The van der Waals surface area contributed by atoms with Gasteiger partial charge in [0.2, 0.25) is 15.9 Å². The van der Waals surface area contributed by atoms with Crippen molar-refractivity contribution in [2.75, 3.05) is 30.8 Å². The highest BCUT2D eigenvalue weighted by Crippen LogP contribution is 2.15. The Morgan fingerprint density at radius 1 is 0.931 bits per heavy atom. The van der Waals surface area contributed by atoms with Crippen LogP contribution in [0.1, 0.15) is 30.5 Å². The molecule has 1 N–H and O–H groups in total. The second-order valence-corrected chi connectivity index (χ2v) is 9.11. The van der Waals surface area contributed by atoms with Gasteiger partial charge in [-0.1, -0.05) is 42.0 Å². The molecule has 0 atom stereocenters. The lowest BCUT2D eigenvalue weighted by atomic mass is 10.1. The van der Waals surface area contributed by atoms with E-state index in [0.29, 0.717) is 6.54 Å². The third kappa shape index (κ3) is 7.18. The lowest BCUT2D eigenvalue weighted by Gasteiger charge is -2.21. The van der Waals surface area contributed by atoms with Crippen LogP contribution in [0.2, 0.25) is 0 Å². The summed E-state index contributed by atoms with van der Waals surface area (Å²) in [6, 6.07) is 15.6. The molecule has 0 fully saturated rings. The molecule has 0 aliphatic rings. The standard InChI is InChI=1S/C22H31N3O3S/c1-5-24(6-2)21-13-11-19(12-14-21)15-23-22(26)17-25(29(4,27)28)16-20-9-7-18(3)8-10-20/h7-14H,5-6,15-17H2,1-4H3,(H,23,26). The van der Waals surface area contributed by atoms with E-state index in [2.05, 4.69) is 24.1 Å². The predicted octanol–water partition coefficient (Wildman–Crippen LogP) is 2.92. The Kier molecular flexibility index (Phi) is 8.22. The summed E-state index contributed by atoms with van der Waals surface area (Å²) in [4.78, 5) is 14.6. The molecule has 158 valence electrons. The molecular weight excluding hydrogens is 386 g/mol. The number of nitrogens with zero attached hydrogens (tertiary/aromatic N) is 2. The molecule has 6 nitrogen and oxygen atoms in total. The highest BCUT2D eigenvalue weighted by molar-refractivity contribution is 7.88. The van der Waals surface area contributed by atoms with Crippen molar-refractivity contribution in [2.45, 2.75) is 33.9 Å². The minimum atomic E-state index is -3.51. The summed E-state index contributed by atoms with van der Waals surface area (Å²) in [6.07, 6.45) is 1.13. The van der Waals surface area contributed by atoms with Gasteiger partial charge >= 0.3 is 0 Å². The van der Waals surface area contributed by atoms with Gasteiger partial charge in [-0.2, -0.15) is 4.31 Å². The van der Waals surface area contributed by atoms with E-state index in [1.807, 2.05) is 55.5 Å². The molecular formula is C22H31N3O3S. The van der Waals surface area contributed by atoms with Crippen molar-refractivity contribution in [3.05, 3.63) is 65.2 Å². The summed E-state index contributed by atoms with van der Waals surface area (Å²) < 4.78 is 25.4. The Bertz CT molecular complexity index is 890. The molecule has 0 spiro atoms. The summed E-state index contributed by atoms with van der Waals surface area (Å²) in [5.74, 6) is -0.324. The molecule has 0 radical (unpaired) electrons. The van der Waals surface area contributed by atoms with Gasteiger partial charge in [0, 0.05) is 31.9 Å². The summed E-state index contributed by atoms with van der Waals surface area (Å²) in [6.45, 7) is 8.41. The third-order valence-corrected chi connectivity index (χ3v) is 6.02. The molecule has 0 aliphatic heterocycles. The monoisotopic (exact) mass is 417 g/mol. The van der Waals surface area contributed by atoms with Crippen molar-refractivity contribution in [1.29, 1.82) is 0 Å². The molecule has 2 aromatic carbocycles. The molecule has 2 aromatic rings. The average molecular weight is 418 g/mol. The summed E-state index contributed by atoms with van der Waals surface area (Å²) in [7, 11) is -3.51. The molecule has 0 saturated carbocycles. The molecule has 0 aliphatic carbocycles. The van der Waals surface area contributed by atoms with Crippen LogP contribution in [0.25, 0.3) is 0 Å². The maximum atomic E-state index is 12.4. The molecule has 0 unspecified atom stereocenters. The number of amides is 1. The zero-order valence-corrected chi connectivity index (χ0v) is 18.5. The van der Waals surface area contributed by atoms with Crippen LogP contribution in [0.15, 0.2) is 48.5 Å². The van der Waals surface area contributed by atoms with Crippen molar-refractivity contribution < 1.29 is 13.2 Å². The Hall–Kier alpha value is -2.38. The average Bonchev–Trinajstić information content (AvgIpc) is 2.68. The van der Waals surface area contributed by atoms with E-state index in [1.54, 1.807) is 0 Å². The summed E-state index contributed by atoms with van der Waals surface area (Å²) >= 11 is 0. The first-order valence-electron chi connectivity index (χ1n) is 9.84. The van der Waals surface area contributed by atoms with Crippen LogP contribution in [-0.2, 0) is 27.9 Å². The highest BCUT2D eigenvalue weighted by Gasteiger charge is 2.20. The number of aryl methyl sites for hydroxylation is 1. The first kappa shape index (κ1) is 22.9. The van der Waals surface area contributed by atoms with Crippen LogP contribution in [0.5, 0.6) is 0 Å². The van der Waals surface area contributed by atoms with E-state index in [9.17, 15) is 13.2 Å².